The van der Waals surface area contributed by atoms with Gasteiger partial charge in [0.1, 0.15) is 0 Å². The van der Waals surface area contributed by atoms with Crippen molar-refractivity contribution in [2.75, 3.05) is 12.3 Å². The number of benzene rings is 1. The molecular formula is C10H13ClN2O2. The topological polar surface area (TPSA) is 75.3 Å². The molecule has 0 unspecified atom stereocenters. The summed E-state index contributed by atoms with van der Waals surface area (Å²) >= 11 is 5.84. The SMILES string of the molecule is C[C@@H](CO)NC(=O)c1cc(N)ccc1Cl. The monoisotopic (exact) mass is 228 g/mol. The van der Waals surface area contributed by atoms with Crippen LogP contribution in [0.3, 0.4) is 0 Å². The van der Waals surface area contributed by atoms with E-state index in [2.05, 4.69) is 5.32 Å². The zero-order chi connectivity index (χ0) is 11.4. The summed E-state index contributed by atoms with van der Waals surface area (Å²) in [6, 6.07) is 4.38. The zero-order valence-electron chi connectivity index (χ0n) is 8.33. The lowest BCUT2D eigenvalue weighted by Gasteiger charge is -2.11. The highest BCUT2D eigenvalue weighted by atomic mass is 35.5. The number of hydrogen-bond acceptors (Lipinski definition) is 3. The van der Waals surface area contributed by atoms with Gasteiger partial charge in [-0.3, -0.25) is 4.79 Å². The number of nitrogens with two attached hydrogens (primary N) is 1. The summed E-state index contributed by atoms with van der Waals surface area (Å²) in [7, 11) is 0. The molecule has 0 spiro atoms. The fourth-order valence-corrected chi connectivity index (χ4v) is 1.27. The van der Waals surface area contributed by atoms with Crippen molar-refractivity contribution in [3.63, 3.8) is 0 Å². The highest BCUT2D eigenvalue weighted by molar-refractivity contribution is 6.34. The third kappa shape index (κ3) is 3.11. The van der Waals surface area contributed by atoms with Gasteiger partial charge in [-0.25, -0.2) is 0 Å². The number of aliphatic hydroxyl groups is 1. The Balaban J connectivity index is 2.86. The first kappa shape index (κ1) is 11.8. The van der Waals surface area contributed by atoms with Gasteiger partial charge in [0.25, 0.3) is 5.91 Å². The van der Waals surface area contributed by atoms with Crippen LogP contribution in [-0.4, -0.2) is 23.7 Å². The Hall–Kier alpha value is -1.26. The zero-order valence-corrected chi connectivity index (χ0v) is 9.08. The van der Waals surface area contributed by atoms with Crippen LogP contribution in [-0.2, 0) is 0 Å². The van der Waals surface area contributed by atoms with Crippen molar-refractivity contribution in [3.8, 4) is 0 Å². The third-order valence-electron chi connectivity index (χ3n) is 1.89. The maximum atomic E-state index is 11.6. The standard InChI is InChI=1S/C10H13ClN2O2/c1-6(5-14)13-10(15)8-4-7(12)2-3-9(8)11/h2-4,6,14H,5,12H2,1H3,(H,13,15)/t6-/m0/s1. The van der Waals surface area contributed by atoms with E-state index in [1.165, 1.54) is 6.07 Å². The molecule has 1 aromatic carbocycles. The molecule has 0 aliphatic rings. The Bertz CT molecular complexity index is 368. The predicted molar refractivity (Wildman–Crippen MR) is 59.9 cm³/mol. The smallest absolute Gasteiger partial charge is 0.253 e. The Kier molecular flexibility index (Phi) is 3.94. The van der Waals surface area contributed by atoms with E-state index in [1.54, 1.807) is 19.1 Å². The number of hydrogen-bond donors (Lipinski definition) is 3. The van der Waals surface area contributed by atoms with Crippen LogP contribution in [0.15, 0.2) is 18.2 Å². The highest BCUT2D eigenvalue weighted by Crippen LogP contribution is 2.18. The van der Waals surface area contributed by atoms with Crippen LogP contribution in [0, 0.1) is 0 Å². The van der Waals surface area contributed by atoms with Gasteiger partial charge >= 0.3 is 0 Å². The van der Waals surface area contributed by atoms with Crippen LogP contribution >= 0.6 is 11.6 Å². The van der Waals surface area contributed by atoms with Crippen molar-refractivity contribution >= 4 is 23.2 Å². The average Bonchev–Trinajstić information content (AvgIpc) is 2.21. The van der Waals surface area contributed by atoms with E-state index in [1.807, 2.05) is 0 Å². The molecule has 82 valence electrons. The van der Waals surface area contributed by atoms with Crippen LogP contribution in [0.5, 0.6) is 0 Å². The van der Waals surface area contributed by atoms with Gasteiger partial charge in [0.05, 0.1) is 17.2 Å². The van der Waals surface area contributed by atoms with Gasteiger partial charge in [0, 0.05) is 11.7 Å². The second-order valence-corrected chi connectivity index (χ2v) is 3.70. The first-order valence-electron chi connectivity index (χ1n) is 4.51. The Morgan fingerprint density at radius 2 is 2.33 bits per heavy atom. The molecule has 0 aliphatic heterocycles. The first-order valence-corrected chi connectivity index (χ1v) is 4.89. The summed E-state index contributed by atoms with van der Waals surface area (Å²) in [4.78, 5) is 11.6. The molecule has 4 nitrogen and oxygen atoms in total. The molecule has 5 heteroatoms. The lowest BCUT2D eigenvalue weighted by molar-refractivity contribution is 0.0922. The third-order valence-corrected chi connectivity index (χ3v) is 2.22. The van der Waals surface area contributed by atoms with E-state index in [0.717, 1.165) is 0 Å². The van der Waals surface area contributed by atoms with Crippen LogP contribution < -0.4 is 11.1 Å². The quantitative estimate of drug-likeness (QED) is 0.677. The van der Waals surface area contributed by atoms with Crippen LogP contribution in [0.25, 0.3) is 0 Å². The second kappa shape index (κ2) is 5.00. The summed E-state index contributed by atoms with van der Waals surface area (Å²) in [6.45, 7) is 1.57. The van der Waals surface area contributed by atoms with Crippen molar-refractivity contribution in [2.24, 2.45) is 0 Å². The molecule has 0 saturated heterocycles. The van der Waals surface area contributed by atoms with E-state index in [9.17, 15) is 4.79 Å². The summed E-state index contributed by atoms with van der Waals surface area (Å²) in [5, 5.41) is 11.7. The number of aliphatic hydroxyl groups excluding tert-OH is 1. The Morgan fingerprint density at radius 3 is 2.93 bits per heavy atom. The van der Waals surface area contributed by atoms with Crippen molar-refractivity contribution in [1.82, 2.24) is 5.32 Å². The summed E-state index contributed by atoms with van der Waals surface area (Å²) in [6.07, 6.45) is 0. The first-order chi connectivity index (χ1) is 7.04. The molecule has 1 amide bonds. The number of anilines is 1. The number of halogens is 1. The van der Waals surface area contributed by atoms with Gasteiger partial charge < -0.3 is 16.2 Å². The number of carbonyl (C=O) groups is 1. The van der Waals surface area contributed by atoms with Gasteiger partial charge in [-0.15, -0.1) is 0 Å². The minimum Gasteiger partial charge on any atom is -0.399 e. The molecule has 0 bridgehead atoms. The summed E-state index contributed by atoms with van der Waals surface area (Å²) < 4.78 is 0. The number of nitrogens with one attached hydrogen (secondary N) is 1. The van der Waals surface area contributed by atoms with Crippen molar-refractivity contribution < 1.29 is 9.90 Å². The molecule has 0 aliphatic carbocycles. The van der Waals surface area contributed by atoms with E-state index in [4.69, 9.17) is 22.4 Å². The lowest BCUT2D eigenvalue weighted by atomic mass is 10.2. The predicted octanol–water partition coefficient (Wildman–Crippen LogP) is 1.03. The maximum absolute atomic E-state index is 11.6. The maximum Gasteiger partial charge on any atom is 0.253 e. The van der Waals surface area contributed by atoms with Crippen molar-refractivity contribution in [3.05, 3.63) is 28.8 Å². The molecular weight excluding hydrogens is 216 g/mol. The number of amides is 1. The van der Waals surface area contributed by atoms with E-state index in [0.29, 0.717) is 16.3 Å². The molecule has 1 rings (SSSR count). The van der Waals surface area contributed by atoms with E-state index in [-0.39, 0.29) is 18.6 Å². The minimum atomic E-state index is -0.339. The lowest BCUT2D eigenvalue weighted by Crippen LogP contribution is -2.35. The Labute approximate surface area is 93.0 Å². The molecule has 0 heterocycles. The average molecular weight is 229 g/mol. The largest absolute Gasteiger partial charge is 0.399 e. The van der Waals surface area contributed by atoms with E-state index < -0.39 is 0 Å². The Morgan fingerprint density at radius 1 is 1.67 bits per heavy atom. The van der Waals surface area contributed by atoms with Crippen LogP contribution in [0.4, 0.5) is 5.69 Å². The van der Waals surface area contributed by atoms with Gasteiger partial charge in [-0.2, -0.15) is 0 Å². The van der Waals surface area contributed by atoms with Gasteiger partial charge in [0.15, 0.2) is 0 Å². The number of rotatable bonds is 3. The van der Waals surface area contributed by atoms with Gasteiger partial charge in [-0.05, 0) is 25.1 Å². The van der Waals surface area contributed by atoms with Gasteiger partial charge in [0.2, 0.25) is 0 Å². The van der Waals surface area contributed by atoms with Crippen molar-refractivity contribution in [2.45, 2.75) is 13.0 Å². The number of nitrogen functional groups attached to an aromatic ring is 1. The molecule has 15 heavy (non-hydrogen) atoms. The normalized spacial score (nSPS) is 12.2. The van der Waals surface area contributed by atoms with Gasteiger partial charge in [-0.1, -0.05) is 11.6 Å². The highest BCUT2D eigenvalue weighted by Gasteiger charge is 2.12. The molecule has 0 saturated carbocycles. The van der Waals surface area contributed by atoms with Crippen molar-refractivity contribution in [1.29, 1.82) is 0 Å². The fourth-order valence-electron chi connectivity index (χ4n) is 1.06. The van der Waals surface area contributed by atoms with Crippen LogP contribution in [0.2, 0.25) is 5.02 Å². The molecule has 1 atom stereocenters. The minimum absolute atomic E-state index is 0.119. The van der Waals surface area contributed by atoms with E-state index >= 15 is 0 Å². The second-order valence-electron chi connectivity index (χ2n) is 3.30. The molecule has 1 aromatic rings. The van der Waals surface area contributed by atoms with Crippen LogP contribution in [0.1, 0.15) is 17.3 Å². The molecule has 0 fully saturated rings. The molecule has 0 radical (unpaired) electrons. The fraction of sp³-hybridized carbons (Fsp3) is 0.300. The summed E-state index contributed by atoms with van der Waals surface area (Å²) in [5.41, 5.74) is 6.33. The molecule has 0 aromatic heterocycles. The number of carbonyl (C=O) groups excluding carboxylic acids is 1. The summed E-state index contributed by atoms with van der Waals surface area (Å²) in [5.74, 6) is -0.339. The molecule has 4 N–H and O–H groups in total.